The first-order valence-corrected chi connectivity index (χ1v) is 9.91. The Labute approximate surface area is 178 Å². The van der Waals surface area contributed by atoms with E-state index in [0.29, 0.717) is 10.0 Å². The van der Waals surface area contributed by atoms with Gasteiger partial charge in [0.05, 0.1) is 21.9 Å². The quantitative estimate of drug-likeness (QED) is 0.315. The molecule has 140 valence electrons. The van der Waals surface area contributed by atoms with Gasteiger partial charge in [-0.25, -0.2) is 9.67 Å². The van der Waals surface area contributed by atoms with Crippen LogP contribution in [-0.2, 0) is 0 Å². The average molecular weight is 416 g/mol. The smallest absolute Gasteiger partial charge is 0.102 e. The molecular weight excluding hydrogens is 401 g/mol. The van der Waals surface area contributed by atoms with Gasteiger partial charge in [-0.3, -0.25) is 0 Å². The number of pyridine rings is 1. The van der Waals surface area contributed by atoms with Gasteiger partial charge in [0.2, 0.25) is 0 Å². The van der Waals surface area contributed by atoms with Crippen molar-refractivity contribution in [2.75, 3.05) is 0 Å². The van der Waals surface area contributed by atoms with Gasteiger partial charge < -0.3 is 0 Å². The van der Waals surface area contributed by atoms with Crippen LogP contribution in [0.1, 0.15) is 0 Å². The molecule has 0 bridgehead atoms. The number of hydrogen-bond donors (Lipinski definition) is 0. The molecule has 0 aliphatic rings. The highest BCUT2D eigenvalue weighted by Gasteiger charge is 2.17. The van der Waals surface area contributed by atoms with Gasteiger partial charge in [-0.05, 0) is 36.4 Å². The number of hydrogen-bond acceptors (Lipinski definition) is 2. The minimum atomic E-state index is 0.659. The Morgan fingerprint density at radius 1 is 0.759 bits per heavy atom. The number of rotatable bonds is 3. The molecule has 3 nitrogen and oxygen atoms in total. The van der Waals surface area contributed by atoms with Gasteiger partial charge in [-0.15, -0.1) is 0 Å². The van der Waals surface area contributed by atoms with Crippen LogP contribution in [0, 0.1) is 0 Å². The molecule has 0 radical (unpaired) electrons. The van der Waals surface area contributed by atoms with E-state index in [1.54, 1.807) is 0 Å². The first-order valence-electron chi connectivity index (χ1n) is 9.16. The number of aromatic nitrogens is 3. The summed E-state index contributed by atoms with van der Waals surface area (Å²) in [6.45, 7) is 0. The maximum Gasteiger partial charge on any atom is 0.102 e. The zero-order valence-corrected chi connectivity index (χ0v) is 16.8. The van der Waals surface area contributed by atoms with Crippen molar-refractivity contribution in [2.24, 2.45) is 0 Å². The second kappa shape index (κ2) is 7.36. The second-order valence-electron chi connectivity index (χ2n) is 6.69. The van der Waals surface area contributed by atoms with Crippen molar-refractivity contribution in [3.05, 3.63) is 101 Å². The van der Waals surface area contributed by atoms with Gasteiger partial charge in [0.25, 0.3) is 0 Å². The number of nitrogens with zero attached hydrogens (tertiary/aromatic N) is 3. The lowest BCUT2D eigenvalue weighted by Crippen LogP contribution is -1.93. The third-order valence-electron chi connectivity index (χ3n) is 4.77. The largest absolute Gasteiger partial charge is 0.248 e. The van der Waals surface area contributed by atoms with Crippen molar-refractivity contribution in [2.45, 2.75) is 0 Å². The van der Waals surface area contributed by atoms with Crippen molar-refractivity contribution in [1.82, 2.24) is 14.8 Å². The van der Waals surface area contributed by atoms with Crippen LogP contribution in [0.2, 0.25) is 10.0 Å². The Kier molecular flexibility index (Phi) is 4.55. The summed E-state index contributed by atoms with van der Waals surface area (Å²) in [7, 11) is 0. The van der Waals surface area contributed by atoms with E-state index < -0.39 is 0 Å². The van der Waals surface area contributed by atoms with Crippen LogP contribution >= 0.6 is 23.2 Å². The Morgan fingerprint density at radius 2 is 1.55 bits per heavy atom. The molecule has 0 saturated heterocycles. The Hall–Kier alpha value is -3.14. The Morgan fingerprint density at radius 3 is 2.38 bits per heavy atom. The standard InChI is InChI=1S/C24H15Cl2N3/c25-17-8-6-7-16(13-17)24-20(15-29(28-24)18-9-2-1-3-10-18)23-14-21(26)19-11-4-5-12-22(19)27-23/h1-15H. The van der Waals surface area contributed by atoms with E-state index in [4.69, 9.17) is 33.3 Å². The highest BCUT2D eigenvalue weighted by molar-refractivity contribution is 6.35. The predicted molar refractivity (Wildman–Crippen MR) is 120 cm³/mol. The van der Waals surface area contributed by atoms with Crippen molar-refractivity contribution >= 4 is 34.1 Å². The molecule has 0 fully saturated rings. The minimum Gasteiger partial charge on any atom is -0.248 e. The van der Waals surface area contributed by atoms with Crippen LogP contribution in [0.15, 0.2) is 91.1 Å². The predicted octanol–water partition coefficient (Wildman–Crippen LogP) is 7.06. The van der Waals surface area contributed by atoms with Crippen LogP contribution in [0.3, 0.4) is 0 Å². The molecule has 2 heterocycles. The van der Waals surface area contributed by atoms with E-state index in [-0.39, 0.29) is 0 Å². The fraction of sp³-hybridized carbons (Fsp3) is 0. The van der Waals surface area contributed by atoms with Gasteiger partial charge in [0.1, 0.15) is 5.69 Å². The average Bonchev–Trinajstić information content (AvgIpc) is 3.20. The van der Waals surface area contributed by atoms with E-state index in [1.165, 1.54) is 0 Å². The van der Waals surface area contributed by atoms with Crippen LogP contribution < -0.4 is 0 Å². The molecule has 0 aliphatic carbocycles. The molecule has 0 N–H and O–H groups in total. The van der Waals surface area contributed by atoms with E-state index in [9.17, 15) is 0 Å². The lowest BCUT2D eigenvalue weighted by atomic mass is 10.0. The Bertz CT molecular complexity index is 1330. The van der Waals surface area contributed by atoms with Crippen molar-refractivity contribution in [1.29, 1.82) is 0 Å². The maximum atomic E-state index is 6.57. The van der Waals surface area contributed by atoms with Gasteiger partial charge in [-0.2, -0.15) is 5.10 Å². The zero-order valence-electron chi connectivity index (χ0n) is 15.3. The zero-order chi connectivity index (χ0) is 19.8. The topological polar surface area (TPSA) is 30.7 Å². The monoisotopic (exact) mass is 415 g/mol. The molecule has 0 saturated carbocycles. The molecule has 29 heavy (non-hydrogen) atoms. The van der Waals surface area contributed by atoms with Crippen LogP contribution in [0.25, 0.3) is 39.1 Å². The van der Waals surface area contributed by atoms with Crippen LogP contribution in [0.5, 0.6) is 0 Å². The van der Waals surface area contributed by atoms with E-state index in [2.05, 4.69) is 0 Å². The fourth-order valence-electron chi connectivity index (χ4n) is 3.39. The molecule has 5 rings (SSSR count). The highest BCUT2D eigenvalue weighted by atomic mass is 35.5. The summed E-state index contributed by atoms with van der Waals surface area (Å²) in [5, 5.41) is 7.10. The van der Waals surface area contributed by atoms with Gasteiger partial charge >= 0.3 is 0 Å². The second-order valence-corrected chi connectivity index (χ2v) is 7.53. The molecule has 0 spiro atoms. The van der Waals surface area contributed by atoms with Gasteiger partial charge in [-0.1, -0.05) is 71.7 Å². The summed E-state index contributed by atoms with van der Waals surface area (Å²) in [4.78, 5) is 4.85. The van der Waals surface area contributed by atoms with Crippen LogP contribution in [-0.4, -0.2) is 14.8 Å². The molecule has 0 aliphatic heterocycles. The first-order chi connectivity index (χ1) is 14.2. The molecule has 0 unspecified atom stereocenters. The highest BCUT2D eigenvalue weighted by Crippen LogP contribution is 2.35. The fourth-order valence-corrected chi connectivity index (χ4v) is 3.85. The first kappa shape index (κ1) is 17.9. The molecule has 5 aromatic rings. The van der Waals surface area contributed by atoms with E-state index in [1.807, 2.05) is 95.8 Å². The molecule has 2 aromatic heterocycles. The van der Waals surface area contributed by atoms with Gasteiger partial charge in [0, 0.05) is 27.7 Å². The SMILES string of the molecule is Clc1cccc(-c2nn(-c3ccccc3)cc2-c2cc(Cl)c3ccccc3n2)c1. The van der Waals surface area contributed by atoms with Crippen molar-refractivity contribution in [3.63, 3.8) is 0 Å². The summed E-state index contributed by atoms with van der Waals surface area (Å²) >= 11 is 12.8. The number of fused-ring (bicyclic) bond motifs is 1. The van der Waals surface area contributed by atoms with Crippen LogP contribution in [0.4, 0.5) is 0 Å². The van der Waals surface area contributed by atoms with E-state index >= 15 is 0 Å². The van der Waals surface area contributed by atoms with Crippen molar-refractivity contribution < 1.29 is 0 Å². The molecule has 3 aromatic carbocycles. The van der Waals surface area contributed by atoms with E-state index in [0.717, 1.165) is 39.1 Å². The third-order valence-corrected chi connectivity index (χ3v) is 5.32. The lowest BCUT2D eigenvalue weighted by Gasteiger charge is -2.06. The summed E-state index contributed by atoms with van der Waals surface area (Å²) in [5.74, 6) is 0. The number of para-hydroxylation sites is 2. The molecule has 5 heteroatoms. The normalized spacial score (nSPS) is 11.1. The molecule has 0 amide bonds. The summed E-state index contributed by atoms with van der Waals surface area (Å²) in [6.07, 6.45) is 1.99. The number of benzene rings is 3. The summed E-state index contributed by atoms with van der Waals surface area (Å²) in [5.41, 5.74) is 5.20. The number of halogens is 2. The lowest BCUT2D eigenvalue weighted by molar-refractivity contribution is 0.884. The van der Waals surface area contributed by atoms with Crippen molar-refractivity contribution in [3.8, 4) is 28.2 Å². The van der Waals surface area contributed by atoms with Gasteiger partial charge in [0.15, 0.2) is 0 Å². The summed E-state index contributed by atoms with van der Waals surface area (Å²) < 4.78 is 1.86. The molecule has 0 atom stereocenters. The Balaban J connectivity index is 1.76. The molecular formula is C24H15Cl2N3. The summed E-state index contributed by atoms with van der Waals surface area (Å²) in [6, 6.07) is 27.4. The minimum absolute atomic E-state index is 0.659. The third kappa shape index (κ3) is 3.39. The maximum absolute atomic E-state index is 6.57.